The van der Waals surface area contributed by atoms with E-state index in [0.717, 1.165) is 57.5 Å². The summed E-state index contributed by atoms with van der Waals surface area (Å²) >= 11 is 0. The van der Waals surface area contributed by atoms with Crippen LogP contribution in [0.2, 0.25) is 0 Å². The van der Waals surface area contributed by atoms with Crippen molar-refractivity contribution in [2.45, 2.75) is 56.8 Å². The zero-order valence-electron chi connectivity index (χ0n) is 21.8. The van der Waals surface area contributed by atoms with Gasteiger partial charge in [0.2, 0.25) is 5.88 Å². The van der Waals surface area contributed by atoms with Crippen molar-refractivity contribution in [2.24, 2.45) is 10.4 Å². The number of halogens is 1. The van der Waals surface area contributed by atoms with Crippen molar-refractivity contribution in [2.75, 3.05) is 58.4 Å². The SMILES string of the molecule is CN1C2=C(c3cc([C@H]4C=NC(OCCCN5CCC(F)CC5)=CC4)ccc3NC2)C2(CCOCC2)C1O. The maximum Gasteiger partial charge on any atom is 0.208 e. The van der Waals surface area contributed by atoms with Crippen molar-refractivity contribution in [3.8, 4) is 0 Å². The van der Waals surface area contributed by atoms with E-state index >= 15 is 0 Å². The molecule has 37 heavy (non-hydrogen) atoms. The molecular weight excluding hydrogens is 471 g/mol. The molecule has 5 heterocycles. The lowest BCUT2D eigenvalue weighted by atomic mass is 9.70. The number of likely N-dealkylation sites (N-methyl/N-ethyl adjacent to an activating group) is 1. The Balaban J connectivity index is 1.11. The number of anilines is 1. The van der Waals surface area contributed by atoms with Crippen LogP contribution in [0.15, 0.2) is 40.8 Å². The first-order valence-electron chi connectivity index (χ1n) is 13.9. The van der Waals surface area contributed by atoms with Crippen LogP contribution in [-0.2, 0) is 9.47 Å². The van der Waals surface area contributed by atoms with Gasteiger partial charge in [0, 0.05) is 74.4 Å². The number of likely N-dealkylation sites (tertiary alicyclic amines) is 1. The Morgan fingerprint density at radius 1 is 1.24 bits per heavy atom. The molecule has 5 aliphatic rings. The van der Waals surface area contributed by atoms with Gasteiger partial charge in [-0.05, 0) is 67.9 Å². The van der Waals surface area contributed by atoms with Gasteiger partial charge in [-0.15, -0.1) is 0 Å². The maximum absolute atomic E-state index is 13.3. The minimum Gasteiger partial charge on any atom is -0.478 e. The zero-order valence-corrected chi connectivity index (χ0v) is 21.8. The second kappa shape index (κ2) is 10.4. The van der Waals surface area contributed by atoms with E-state index in [-0.39, 0.29) is 11.3 Å². The molecule has 1 unspecified atom stereocenters. The van der Waals surface area contributed by atoms with E-state index in [1.807, 2.05) is 13.3 Å². The van der Waals surface area contributed by atoms with Gasteiger partial charge in [-0.3, -0.25) is 0 Å². The Kier molecular flexibility index (Phi) is 6.99. The highest BCUT2D eigenvalue weighted by Crippen LogP contribution is 2.56. The molecule has 6 rings (SSSR count). The summed E-state index contributed by atoms with van der Waals surface area (Å²) in [6.45, 7) is 5.38. The number of hydrogen-bond acceptors (Lipinski definition) is 7. The molecule has 0 radical (unpaired) electrons. The third kappa shape index (κ3) is 4.68. The third-order valence-corrected chi connectivity index (χ3v) is 8.96. The number of aliphatic hydroxyl groups excluding tert-OH is 1. The molecule has 0 saturated carbocycles. The first-order chi connectivity index (χ1) is 18.0. The smallest absolute Gasteiger partial charge is 0.208 e. The van der Waals surface area contributed by atoms with E-state index in [1.165, 1.54) is 22.4 Å². The van der Waals surface area contributed by atoms with Crippen molar-refractivity contribution < 1.29 is 19.0 Å². The number of aliphatic hydroxyl groups is 1. The van der Waals surface area contributed by atoms with Gasteiger partial charge < -0.3 is 29.7 Å². The predicted molar refractivity (Wildman–Crippen MR) is 143 cm³/mol. The van der Waals surface area contributed by atoms with Crippen molar-refractivity contribution in [1.82, 2.24) is 9.80 Å². The topological polar surface area (TPSA) is 69.6 Å². The van der Waals surface area contributed by atoms with Crippen LogP contribution in [0.5, 0.6) is 0 Å². The largest absolute Gasteiger partial charge is 0.478 e. The number of fused-ring (bicyclic) bond motifs is 3. The number of aliphatic imine (C=N–C) groups is 1. The fourth-order valence-corrected chi connectivity index (χ4v) is 6.74. The van der Waals surface area contributed by atoms with Crippen LogP contribution in [0.3, 0.4) is 0 Å². The van der Waals surface area contributed by atoms with Gasteiger partial charge in [-0.25, -0.2) is 9.38 Å². The number of rotatable bonds is 6. The predicted octanol–water partition coefficient (Wildman–Crippen LogP) is 4.12. The molecule has 2 fully saturated rings. The molecule has 5 aliphatic heterocycles. The van der Waals surface area contributed by atoms with Crippen LogP contribution in [0.25, 0.3) is 5.57 Å². The van der Waals surface area contributed by atoms with Gasteiger partial charge in [0.05, 0.1) is 13.2 Å². The molecule has 2 saturated heterocycles. The number of allylic oxidation sites excluding steroid dienone is 1. The quantitative estimate of drug-likeness (QED) is 0.561. The van der Waals surface area contributed by atoms with E-state index < -0.39 is 12.4 Å². The van der Waals surface area contributed by atoms with Gasteiger partial charge in [-0.2, -0.15) is 0 Å². The third-order valence-electron chi connectivity index (χ3n) is 8.96. The summed E-state index contributed by atoms with van der Waals surface area (Å²) in [6.07, 6.45) is 7.71. The van der Waals surface area contributed by atoms with Gasteiger partial charge in [0.1, 0.15) is 12.4 Å². The van der Waals surface area contributed by atoms with E-state index in [0.29, 0.717) is 38.5 Å². The average Bonchev–Trinajstić information content (AvgIpc) is 3.14. The summed E-state index contributed by atoms with van der Waals surface area (Å²) in [5, 5.41) is 14.9. The van der Waals surface area contributed by atoms with Crippen molar-refractivity contribution in [1.29, 1.82) is 0 Å². The number of benzene rings is 1. The van der Waals surface area contributed by atoms with Gasteiger partial charge in [0.25, 0.3) is 0 Å². The normalized spacial score (nSPS) is 27.6. The average molecular weight is 511 g/mol. The molecular formula is C29H39FN4O3. The lowest BCUT2D eigenvalue weighted by Crippen LogP contribution is -2.43. The van der Waals surface area contributed by atoms with Gasteiger partial charge in [0.15, 0.2) is 0 Å². The van der Waals surface area contributed by atoms with E-state index in [9.17, 15) is 9.50 Å². The molecule has 0 aromatic heterocycles. The fraction of sp³-hybridized carbons (Fsp3) is 0.621. The first-order valence-corrected chi connectivity index (χ1v) is 13.9. The van der Waals surface area contributed by atoms with Crippen molar-refractivity contribution >= 4 is 17.5 Å². The summed E-state index contributed by atoms with van der Waals surface area (Å²) in [5.41, 5.74) is 5.79. The number of piperidine rings is 1. The minimum atomic E-state index is -0.624. The van der Waals surface area contributed by atoms with Crippen molar-refractivity contribution in [3.05, 3.63) is 47.0 Å². The standard InChI is InChI=1S/C29H39FN4O3/c1-33-25-19-31-24-5-3-20(17-23(24)27(25)29(28(33)35)9-15-36-16-10-29)21-4-6-26(32-18-21)37-14-2-11-34-12-7-22(30)8-13-34/h3,5-6,17-18,21-22,28,31,35H,2,4,7-16,19H2,1H3/t21-,28?/m1/s1. The van der Waals surface area contributed by atoms with Crippen LogP contribution >= 0.6 is 0 Å². The van der Waals surface area contributed by atoms with Crippen LogP contribution in [-0.4, -0.2) is 86.6 Å². The molecule has 8 heteroatoms. The number of alkyl halides is 1. The van der Waals surface area contributed by atoms with Crippen LogP contribution in [0.4, 0.5) is 10.1 Å². The highest BCUT2D eigenvalue weighted by molar-refractivity contribution is 5.87. The fourth-order valence-electron chi connectivity index (χ4n) is 6.74. The Labute approximate surface area is 219 Å². The maximum atomic E-state index is 13.3. The molecule has 1 aromatic rings. The Morgan fingerprint density at radius 3 is 2.81 bits per heavy atom. The van der Waals surface area contributed by atoms with Gasteiger partial charge in [-0.1, -0.05) is 6.07 Å². The summed E-state index contributed by atoms with van der Waals surface area (Å²) in [5.74, 6) is 0.894. The summed E-state index contributed by atoms with van der Waals surface area (Å²) in [7, 11) is 2.01. The second-order valence-electron chi connectivity index (χ2n) is 11.1. The second-order valence-corrected chi connectivity index (χ2v) is 11.1. The summed E-state index contributed by atoms with van der Waals surface area (Å²) in [6, 6.07) is 6.68. The van der Waals surface area contributed by atoms with Crippen molar-refractivity contribution in [3.63, 3.8) is 0 Å². The minimum absolute atomic E-state index is 0.195. The zero-order chi connectivity index (χ0) is 25.4. The number of ether oxygens (including phenoxy) is 2. The molecule has 200 valence electrons. The summed E-state index contributed by atoms with van der Waals surface area (Å²) < 4.78 is 24.9. The molecule has 1 spiro atoms. The lowest BCUT2D eigenvalue weighted by Gasteiger charge is -2.40. The monoisotopic (exact) mass is 510 g/mol. The molecule has 0 aliphatic carbocycles. The van der Waals surface area contributed by atoms with E-state index in [1.54, 1.807) is 0 Å². The van der Waals surface area contributed by atoms with E-state index in [4.69, 9.17) is 9.47 Å². The molecule has 0 bridgehead atoms. The Bertz CT molecular complexity index is 1090. The van der Waals surface area contributed by atoms with Gasteiger partial charge >= 0.3 is 0 Å². The highest BCUT2D eigenvalue weighted by atomic mass is 19.1. The van der Waals surface area contributed by atoms with Crippen LogP contribution in [0, 0.1) is 5.41 Å². The lowest BCUT2D eigenvalue weighted by molar-refractivity contribution is -0.0705. The number of hydrogen-bond donors (Lipinski definition) is 2. The number of nitrogens with zero attached hydrogens (tertiary/aromatic N) is 3. The highest BCUT2D eigenvalue weighted by Gasteiger charge is 2.53. The number of nitrogens with one attached hydrogen (secondary N) is 1. The molecule has 0 amide bonds. The molecule has 7 nitrogen and oxygen atoms in total. The van der Waals surface area contributed by atoms with Crippen LogP contribution in [0.1, 0.15) is 55.6 Å². The summed E-state index contributed by atoms with van der Waals surface area (Å²) in [4.78, 5) is 9.01. The Hall–Kier alpha value is -2.42. The van der Waals surface area contributed by atoms with Crippen LogP contribution < -0.4 is 5.32 Å². The molecule has 1 aromatic carbocycles. The molecule has 2 N–H and O–H groups in total. The van der Waals surface area contributed by atoms with E-state index in [2.05, 4.69) is 44.4 Å². The Morgan fingerprint density at radius 2 is 2.05 bits per heavy atom. The first kappa shape index (κ1) is 24.9. The molecule has 2 atom stereocenters.